The molecule has 0 fully saturated rings. The fourth-order valence-electron chi connectivity index (χ4n) is 2.60. The summed E-state index contributed by atoms with van der Waals surface area (Å²) in [6.45, 7) is 2.18. The molecule has 0 aromatic heterocycles. The number of carboxylic acids is 1. The molecule has 0 aliphatic carbocycles. The second-order valence-electron chi connectivity index (χ2n) is 6.34. The van der Waals surface area contributed by atoms with Gasteiger partial charge in [0.15, 0.2) is 0 Å². The zero-order chi connectivity index (χ0) is 18.3. The summed E-state index contributed by atoms with van der Waals surface area (Å²) >= 11 is 0. The summed E-state index contributed by atoms with van der Waals surface area (Å²) in [5.41, 5.74) is 0. The topological polar surface area (TPSA) is 97.3 Å². The maximum atomic E-state index is 11.3. The van der Waals surface area contributed by atoms with Gasteiger partial charge in [0.05, 0.1) is 5.25 Å². The van der Waals surface area contributed by atoms with Crippen LogP contribution in [0.25, 0.3) is 0 Å². The van der Waals surface area contributed by atoms with Gasteiger partial charge in [-0.1, -0.05) is 70.4 Å². The summed E-state index contributed by atoms with van der Waals surface area (Å²) in [5, 5.41) is 9.32. The molecule has 0 N–H and O–H groups in total. The van der Waals surface area contributed by atoms with Gasteiger partial charge in [-0.2, -0.15) is 0 Å². The molecule has 1 unspecified atom stereocenters. The predicted molar refractivity (Wildman–Crippen MR) is 93.3 cm³/mol. The van der Waals surface area contributed by atoms with E-state index in [1.54, 1.807) is 0 Å². The van der Waals surface area contributed by atoms with Crippen LogP contribution in [0.3, 0.4) is 0 Å². The monoisotopic (exact) mass is 406 g/mol. The first-order valence-electron chi connectivity index (χ1n) is 9.19. The van der Waals surface area contributed by atoms with Crippen molar-refractivity contribution in [1.29, 1.82) is 0 Å². The smallest absolute Gasteiger partial charge is 0.747 e. The van der Waals surface area contributed by atoms with Crippen LogP contribution in [0.1, 0.15) is 90.4 Å². The largest absolute Gasteiger partial charge is 1.00 e. The molecule has 0 radical (unpaired) electrons. The number of carbonyl (C=O) groups excluding carboxylic acids is 1. The van der Waals surface area contributed by atoms with Crippen LogP contribution in [0.4, 0.5) is 0 Å². The number of carbonyl (C=O) groups is 1. The van der Waals surface area contributed by atoms with Crippen LogP contribution in [0.15, 0.2) is 12.2 Å². The Morgan fingerprint density at radius 2 is 1.46 bits per heavy atom. The van der Waals surface area contributed by atoms with E-state index in [0.29, 0.717) is 25.7 Å². The molecule has 0 saturated heterocycles. The van der Waals surface area contributed by atoms with Crippen LogP contribution in [0.2, 0.25) is 0 Å². The first-order valence-corrected chi connectivity index (χ1v) is 10.7. The van der Waals surface area contributed by atoms with Gasteiger partial charge in [0.2, 0.25) is 0 Å². The molecule has 1 atom stereocenters. The first-order chi connectivity index (χ1) is 11.4. The number of rotatable bonds is 16. The molecular formula is C18H32Na2O5S. The Morgan fingerprint density at radius 1 is 0.923 bits per heavy atom. The van der Waals surface area contributed by atoms with Gasteiger partial charge < -0.3 is 14.5 Å². The Balaban J connectivity index is -0.00000264. The fraction of sp³-hybridized carbons (Fsp3) is 0.833. The molecule has 0 saturated carbocycles. The van der Waals surface area contributed by atoms with E-state index in [2.05, 4.69) is 6.92 Å². The van der Waals surface area contributed by atoms with Gasteiger partial charge in [-0.3, -0.25) is 0 Å². The van der Waals surface area contributed by atoms with Crippen molar-refractivity contribution in [1.82, 2.24) is 0 Å². The average molecular weight is 406 g/mol. The fourth-order valence-corrected chi connectivity index (χ4v) is 3.35. The molecule has 0 heterocycles. The minimum Gasteiger partial charge on any atom is -0.747 e. The first kappa shape index (κ1) is 31.8. The molecule has 8 heteroatoms. The van der Waals surface area contributed by atoms with E-state index in [1.165, 1.54) is 31.8 Å². The van der Waals surface area contributed by atoms with E-state index in [4.69, 9.17) is 0 Å². The van der Waals surface area contributed by atoms with Crippen molar-refractivity contribution < 1.29 is 82.0 Å². The van der Waals surface area contributed by atoms with E-state index in [-0.39, 0.29) is 65.5 Å². The van der Waals surface area contributed by atoms with Gasteiger partial charge >= 0.3 is 59.1 Å². The maximum absolute atomic E-state index is 11.3. The number of hydrogen-bond donors (Lipinski definition) is 0. The van der Waals surface area contributed by atoms with Crippen molar-refractivity contribution >= 4 is 16.1 Å². The third kappa shape index (κ3) is 21.4. The van der Waals surface area contributed by atoms with E-state index in [1.807, 2.05) is 6.08 Å². The third-order valence-corrected chi connectivity index (χ3v) is 5.20. The van der Waals surface area contributed by atoms with Crippen molar-refractivity contribution in [2.75, 3.05) is 0 Å². The van der Waals surface area contributed by atoms with E-state index < -0.39 is 21.3 Å². The van der Waals surface area contributed by atoms with Crippen LogP contribution < -0.4 is 64.2 Å². The van der Waals surface area contributed by atoms with Crippen LogP contribution in [0, 0.1) is 0 Å². The minimum atomic E-state index is -4.32. The number of hydrogen-bond acceptors (Lipinski definition) is 5. The molecule has 0 spiro atoms. The van der Waals surface area contributed by atoms with Gasteiger partial charge in [-0.15, -0.1) is 0 Å². The summed E-state index contributed by atoms with van der Waals surface area (Å²) in [6.07, 6.45) is 14.2. The minimum absolute atomic E-state index is 0. The SMILES string of the molecule is CCCCCCCC/C=C\C(CCCCCCC(=O)[O-])S(=O)(=O)[O-].[Na+].[Na+]. The summed E-state index contributed by atoms with van der Waals surface area (Å²) < 4.78 is 33.9. The molecule has 0 rings (SSSR count). The van der Waals surface area contributed by atoms with E-state index >= 15 is 0 Å². The van der Waals surface area contributed by atoms with Crippen molar-refractivity contribution in [3.63, 3.8) is 0 Å². The Hall–Kier alpha value is 1.12. The summed E-state index contributed by atoms with van der Waals surface area (Å²) in [4.78, 5) is 10.3. The van der Waals surface area contributed by atoms with Crippen LogP contribution in [-0.2, 0) is 14.9 Å². The quantitative estimate of drug-likeness (QED) is 0.120. The molecule has 0 amide bonds. The molecular weight excluding hydrogens is 374 g/mol. The molecule has 0 bridgehead atoms. The Morgan fingerprint density at radius 3 is 2.04 bits per heavy atom. The maximum Gasteiger partial charge on any atom is 1.00 e. The molecule has 0 aromatic rings. The number of allylic oxidation sites excluding steroid dienone is 1. The van der Waals surface area contributed by atoms with Crippen LogP contribution in [0.5, 0.6) is 0 Å². The van der Waals surface area contributed by atoms with Crippen LogP contribution in [-0.4, -0.2) is 24.2 Å². The zero-order valence-corrected chi connectivity index (χ0v) is 21.7. The molecule has 0 aliphatic rings. The summed E-state index contributed by atoms with van der Waals surface area (Å²) in [7, 11) is -4.32. The van der Waals surface area contributed by atoms with Gasteiger partial charge in [-0.05, 0) is 32.1 Å². The molecule has 0 aliphatic heterocycles. The number of unbranched alkanes of at least 4 members (excludes halogenated alkanes) is 9. The predicted octanol–water partition coefficient (Wildman–Crippen LogP) is -2.69. The third-order valence-electron chi connectivity index (χ3n) is 4.07. The number of carboxylic acid groups (broad SMARTS) is 1. The second kappa shape index (κ2) is 20.8. The Kier molecular flexibility index (Phi) is 25.5. The van der Waals surface area contributed by atoms with Crippen molar-refractivity contribution in [3.05, 3.63) is 12.2 Å². The van der Waals surface area contributed by atoms with Gasteiger partial charge in [-0.25, -0.2) is 8.42 Å². The van der Waals surface area contributed by atoms with Crippen molar-refractivity contribution in [2.24, 2.45) is 0 Å². The molecule has 142 valence electrons. The number of aliphatic carboxylic acids is 1. The Labute approximate surface area is 204 Å². The molecule has 5 nitrogen and oxygen atoms in total. The van der Waals surface area contributed by atoms with Gasteiger partial charge in [0.25, 0.3) is 0 Å². The summed E-state index contributed by atoms with van der Waals surface area (Å²) in [5.74, 6) is -1.06. The van der Waals surface area contributed by atoms with Gasteiger partial charge in [0, 0.05) is 5.97 Å². The zero-order valence-electron chi connectivity index (χ0n) is 16.9. The Bertz CT molecular complexity index is 452. The second-order valence-corrected chi connectivity index (χ2v) is 7.93. The van der Waals surface area contributed by atoms with Crippen molar-refractivity contribution in [2.45, 2.75) is 95.6 Å². The standard InChI is InChI=1S/C18H34O5S.2Na/c1-2-3-4-5-6-7-8-11-14-17(24(21,22)23)15-12-9-10-13-16-18(19)20;;/h11,14,17H,2-10,12-13,15-16H2,1H3,(H,19,20)(H,21,22,23);;/q;2*+1/p-2/b14-11-;;. The molecule has 26 heavy (non-hydrogen) atoms. The van der Waals surface area contributed by atoms with Crippen LogP contribution >= 0.6 is 0 Å². The average Bonchev–Trinajstić information content (AvgIpc) is 2.49. The van der Waals surface area contributed by atoms with E-state index in [0.717, 1.165) is 25.7 Å². The summed E-state index contributed by atoms with van der Waals surface area (Å²) in [6, 6.07) is 0. The van der Waals surface area contributed by atoms with Gasteiger partial charge in [0.1, 0.15) is 10.1 Å². The molecule has 0 aromatic carbocycles. The van der Waals surface area contributed by atoms with Crippen molar-refractivity contribution in [3.8, 4) is 0 Å². The normalized spacial score (nSPS) is 12.4. The van der Waals surface area contributed by atoms with E-state index in [9.17, 15) is 22.9 Å².